The van der Waals surface area contributed by atoms with Crippen molar-refractivity contribution in [2.75, 3.05) is 20.8 Å². The Kier molecular flexibility index (Phi) is 5.54. The zero-order valence-electron chi connectivity index (χ0n) is 12.2. The maximum Gasteiger partial charge on any atom is 0.123 e. The third kappa shape index (κ3) is 4.18. The summed E-state index contributed by atoms with van der Waals surface area (Å²) in [7, 11) is 3.27. The van der Waals surface area contributed by atoms with E-state index in [0.29, 0.717) is 13.1 Å². The van der Waals surface area contributed by atoms with Crippen molar-refractivity contribution in [1.29, 1.82) is 0 Å². The minimum atomic E-state index is -0.565. The number of nitrogens with one attached hydrogen (secondary N) is 1. The number of hydrogen-bond acceptors (Lipinski definition) is 5. The Bertz CT molecular complexity index is 561. The molecule has 2 aromatic rings. The third-order valence-corrected chi connectivity index (χ3v) is 3.23. The number of rotatable bonds is 7. The monoisotopic (exact) mass is 288 g/mol. The molecule has 0 saturated carbocycles. The summed E-state index contributed by atoms with van der Waals surface area (Å²) in [4.78, 5) is 3.94. The summed E-state index contributed by atoms with van der Waals surface area (Å²) in [5, 5.41) is 13.3. The molecule has 0 saturated heterocycles. The van der Waals surface area contributed by atoms with E-state index in [2.05, 4.69) is 10.3 Å². The molecule has 112 valence electrons. The number of hydrogen-bond donors (Lipinski definition) is 2. The van der Waals surface area contributed by atoms with Crippen LogP contribution in [0.15, 0.2) is 42.7 Å². The standard InChI is InChI=1S/C16H20N2O3/c1-20-14-3-4-16(21-2)13(9-14)10-18-11-15(19)12-5-7-17-8-6-12/h3-9,15,18-19H,10-11H2,1-2H3. The Morgan fingerprint density at radius 3 is 2.57 bits per heavy atom. The Labute approximate surface area is 124 Å². The van der Waals surface area contributed by atoms with E-state index < -0.39 is 6.10 Å². The molecule has 2 rings (SSSR count). The maximum absolute atomic E-state index is 10.1. The SMILES string of the molecule is COc1ccc(OC)c(CNCC(O)c2ccncc2)c1. The summed E-state index contributed by atoms with van der Waals surface area (Å²) in [6, 6.07) is 9.25. The predicted molar refractivity (Wildman–Crippen MR) is 80.4 cm³/mol. The smallest absolute Gasteiger partial charge is 0.123 e. The molecule has 0 amide bonds. The molecule has 0 aliphatic carbocycles. The summed E-state index contributed by atoms with van der Waals surface area (Å²) in [6.07, 6.45) is 2.78. The Morgan fingerprint density at radius 1 is 1.14 bits per heavy atom. The molecule has 0 bridgehead atoms. The van der Waals surface area contributed by atoms with E-state index in [0.717, 1.165) is 22.6 Å². The van der Waals surface area contributed by atoms with Crippen LogP contribution in [-0.4, -0.2) is 30.9 Å². The molecule has 0 aliphatic rings. The first kappa shape index (κ1) is 15.3. The molecule has 2 N–H and O–H groups in total. The van der Waals surface area contributed by atoms with Gasteiger partial charge < -0.3 is 19.9 Å². The van der Waals surface area contributed by atoms with E-state index in [-0.39, 0.29) is 0 Å². The second kappa shape index (κ2) is 7.61. The van der Waals surface area contributed by atoms with Gasteiger partial charge in [-0.1, -0.05) is 0 Å². The lowest BCUT2D eigenvalue weighted by Crippen LogP contribution is -2.21. The van der Waals surface area contributed by atoms with Crippen LogP contribution in [0, 0.1) is 0 Å². The molecule has 1 atom stereocenters. The number of methoxy groups -OCH3 is 2. The molecular weight excluding hydrogens is 268 g/mol. The molecule has 5 nitrogen and oxygen atoms in total. The van der Waals surface area contributed by atoms with Crippen LogP contribution in [0.25, 0.3) is 0 Å². The summed E-state index contributed by atoms with van der Waals surface area (Å²) in [5.74, 6) is 1.57. The molecule has 0 aliphatic heterocycles. The van der Waals surface area contributed by atoms with Crippen LogP contribution < -0.4 is 14.8 Å². The highest BCUT2D eigenvalue weighted by Crippen LogP contribution is 2.23. The predicted octanol–water partition coefficient (Wildman–Crippen LogP) is 1.92. The lowest BCUT2D eigenvalue weighted by Gasteiger charge is -2.14. The summed E-state index contributed by atoms with van der Waals surface area (Å²) in [5.41, 5.74) is 1.83. The number of aliphatic hydroxyl groups excluding tert-OH is 1. The van der Waals surface area contributed by atoms with Gasteiger partial charge in [0.2, 0.25) is 0 Å². The molecule has 21 heavy (non-hydrogen) atoms. The van der Waals surface area contributed by atoms with E-state index in [1.54, 1.807) is 38.7 Å². The van der Waals surface area contributed by atoms with E-state index in [4.69, 9.17) is 9.47 Å². The second-order valence-electron chi connectivity index (χ2n) is 4.61. The van der Waals surface area contributed by atoms with E-state index >= 15 is 0 Å². The maximum atomic E-state index is 10.1. The third-order valence-electron chi connectivity index (χ3n) is 3.23. The average Bonchev–Trinajstić information content (AvgIpc) is 2.55. The Morgan fingerprint density at radius 2 is 1.90 bits per heavy atom. The minimum absolute atomic E-state index is 0.449. The van der Waals surface area contributed by atoms with Gasteiger partial charge in [-0.3, -0.25) is 4.98 Å². The first-order chi connectivity index (χ1) is 10.2. The van der Waals surface area contributed by atoms with Crippen molar-refractivity contribution >= 4 is 0 Å². The van der Waals surface area contributed by atoms with Gasteiger partial charge in [-0.25, -0.2) is 0 Å². The number of aromatic nitrogens is 1. The Hall–Kier alpha value is -2.11. The molecule has 1 unspecified atom stereocenters. The lowest BCUT2D eigenvalue weighted by atomic mass is 10.1. The summed E-state index contributed by atoms with van der Waals surface area (Å²) >= 11 is 0. The molecule has 0 fully saturated rings. The topological polar surface area (TPSA) is 63.6 Å². The van der Waals surface area contributed by atoms with Crippen LogP contribution in [-0.2, 0) is 6.54 Å². The van der Waals surface area contributed by atoms with E-state index in [1.165, 1.54) is 0 Å². The first-order valence-corrected chi connectivity index (χ1v) is 6.74. The van der Waals surface area contributed by atoms with Crippen LogP contribution in [0.3, 0.4) is 0 Å². The number of ether oxygens (including phenoxy) is 2. The largest absolute Gasteiger partial charge is 0.497 e. The van der Waals surface area contributed by atoms with Crippen molar-refractivity contribution in [3.05, 3.63) is 53.9 Å². The van der Waals surface area contributed by atoms with Crippen LogP contribution >= 0.6 is 0 Å². The van der Waals surface area contributed by atoms with Crippen molar-refractivity contribution in [1.82, 2.24) is 10.3 Å². The second-order valence-corrected chi connectivity index (χ2v) is 4.61. The van der Waals surface area contributed by atoms with Gasteiger partial charge in [-0.05, 0) is 35.9 Å². The van der Waals surface area contributed by atoms with Crippen LogP contribution in [0.4, 0.5) is 0 Å². The van der Waals surface area contributed by atoms with Gasteiger partial charge in [0, 0.05) is 31.0 Å². The van der Waals surface area contributed by atoms with Crippen molar-refractivity contribution < 1.29 is 14.6 Å². The van der Waals surface area contributed by atoms with E-state index in [9.17, 15) is 5.11 Å². The van der Waals surface area contributed by atoms with Crippen molar-refractivity contribution in [3.8, 4) is 11.5 Å². The molecule has 0 radical (unpaired) electrons. The molecule has 1 aromatic carbocycles. The summed E-state index contributed by atoms with van der Waals surface area (Å²) in [6.45, 7) is 1.03. The fraction of sp³-hybridized carbons (Fsp3) is 0.312. The fourth-order valence-corrected chi connectivity index (χ4v) is 2.07. The van der Waals surface area contributed by atoms with Crippen LogP contribution in [0.1, 0.15) is 17.2 Å². The van der Waals surface area contributed by atoms with Crippen molar-refractivity contribution in [3.63, 3.8) is 0 Å². The molecule has 5 heteroatoms. The minimum Gasteiger partial charge on any atom is -0.497 e. The van der Waals surface area contributed by atoms with E-state index in [1.807, 2.05) is 18.2 Å². The van der Waals surface area contributed by atoms with Gasteiger partial charge in [0.05, 0.1) is 20.3 Å². The molecule has 1 aromatic heterocycles. The molecular formula is C16H20N2O3. The quantitative estimate of drug-likeness (QED) is 0.815. The zero-order valence-corrected chi connectivity index (χ0v) is 12.2. The zero-order chi connectivity index (χ0) is 15.1. The summed E-state index contributed by atoms with van der Waals surface area (Å²) < 4.78 is 10.5. The van der Waals surface area contributed by atoms with Crippen LogP contribution in [0.2, 0.25) is 0 Å². The number of aliphatic hydroxyl groups is 1. The van der Waals surface area contributed by atoms with Gasteiger partial charge >= 0.3 is 0 Å². The highest BCUT2D eigenvalue weighted by molar-refractivity contribution is 5.40. The van der Waals surface area contributed by atoms with Gasteiger partial charge in [0.15, 0.2) is 0 Å². The highest BCUT2D eigenvalue weighted by Gasteiger charge is 2.08. The highest BCUT2D eigenvalue weighted by atomic mass is 16.5. The average molecular weight is 288 g/mol. The first-order valence-electron chi connectivity index (χ1n) is 6.74. The lowest BCUT2D eigenvalue weighted by molar-refractivity contribution is 0.174. The normalized spacial score (nSPS) is 12.0. The van der Waals surface area contributed by atoms with Gasteiger partial charge in [0.1, 0.15) is 11.5 Å². The van der Waals surface area contributed by atoms with Crippen molar-refractivity contribution in [2.24, 2.45) is 0 Å². The van der Waals surface area contributed by atoms with Gasteiger partial charge in [-0.2, -0.15) is 0 Å². The molecule has 0 spiro atoms. The van der Waals surface area contributed by atoms with Crippen LogP contribution in [0.5, 0.6) is 11.5 Å². The Balaban J connectivity index is 1.94. The fourth-order valence-electron chi connectivity index (χ4n) is 2.07. The number of nitrogens with zero attached hydrogens (tertiary/aromatic N) is 1. The van der Waals surface area contributed by atoms with Gasteiger partial charge in [-0.15, -0.1) is 0 Å². The number of pyridine rings is 1. The van der Waals surface area contributed by atoms with Crippen molar-refractivity contribution in [2.45, 2.75) is 12.6 Å². The molecule has 1 heterocycles. The van der Waals surface area contributed by atoms with Gasteiger partial charge in [0.25, 0.3) is 0 Å². The number of benzene rings is 1.